The molecule has 1 aliphatic heterocycles. The number of hydrogen-bond acceptors (Lipinski definition) is 3. The van der Waals surface area contributed by atoms with Crippen molar-refractivity contribution in [1.29, 1.82) is 0 Å². The first kappa shape index (κ1) is 16.9. The number of halogens is 1. The Labute approximate surface area is 131 Å². The molecule has 1 aromatic rings. The van der Waals surface area contributed by atoms with Gasteiger partial charge in [0.25, 0.3) is 0 Å². The van der Waals surface area contributed by atoms with E-state index >= 15 is 0 Å². The van der Waals surface area contributed by atoms with Gasteiger partial charge < -0.3 is 4.90 Å². The number of sulfone groups is 1. The molecule has 1 unspecified atom stereocenters. The molecule has 0 saturated carbocycles. The predicted molar refractivity (Wildman–Crippen MR) is 83.8 cm³/mol. The molecule has 1 amide bonds. The largest absolute Gasteiger partial charge is 0.338 e. The first-order chi connectivity index (χ1) is 10.4. The molecule has 0 aromatic heterocycles. The van der Waals surface area contributed by atoms with Crippen molar-refractivity contribution >= 4 is 15.7 Å². The summed E-state index contributed by atoms with van der Waals surface area (Å²) in [4.78, 5) is 14.2. The maximum Gasteiger partial charge on any atom is 0.227 e. The Kier molecular flexibility index (Phi) is 5.56. The molecule has 0 spiro atoms. The van der Waals surface area contributed by atoms with Crippen LogP contribution >= 0.6 is 0 Å². The Morgan fingerprint density at radius 1 is 1.32 bits per heavy atom. The highest BCUT2D eigenvalue weighted by molar-refractivity contribution is 7.91. The fourth-order valence-corrected chi connectivity index (χ4v) is 4.47. The van der Waals surface area contributed by atoms with Crippen LogP contribution in [0, 0.1) is 5.82 Å². The first-order valence-electron chi connectivity index (χ1n) is 7.65. The van der Waals surface area contributed by atoms with E-state index in [2.05, 4.69) is 0 Å². The van der Waals surface area contributed by atoms with Gasteiger partial charge in [0.15, 0.2) is 9.84 Å². The van der Waals surface area contributed by atoms with Crippen LogP contribution in [0.5, 0.6) is 0 Å². The standard InChI is InChI=1S/C16H22FNO3S/c1-2-3-9-18(15-8-10-22(20,21)12-15)16(19)11-13-4-6-14(17)7-5-13/h4-7,15H,2-3,8-12H2,1H3. The Bertz CT molecular complexity index is 613. The number of hydrogen-bond donors (Lipinski definition) is 0. The predicted octanol–water partition coefficient (Wildman–Crippen LogP) is 2.18. The highest BCUT2D eigenvalue weighted by atomic mass is 32.2. The number of nitrogens with zero attached hydrogens (tertiary/aromatic N) is 1. The monoisotopic (exact) mass is 327 g/mol. The van der Waals surface area contributed by atoms with Gasteiger partial charge in [0, 0.05) is 12.6 Å². The summed E-state index contributed by atoms with van der Waals surface area (Å²) in [5.74, 6) is -0.196. The van der Waals surface area contributed by atoms with Crippen LogP contribution in [0.2, 0.25) is 0 Å². The maximum atomic E-state index is 12.9. The van der Waals surface area contributed by atoms with E-state index in [-0.39, 0.29) is 35.7 Å². The minimum atomic E-state index is -3.02. The van der Waals surface area contributed by atoms with E-state index in [0.29, 0.717) is 13.0 Å². The van der Waals surface area contributed by atoms with Crippen LogP contribution in [-0.2, 0) is 21.1 Å². The third-order valence-electron chi connectivity index (χ3n) is 3.99. The normalized spacial score (nSPS) is 20.0. The summed E-state index contributed by atoms with van der Waals surface area (Å²) in [7, 11) is -3.02. The Hall–Kier alpha value is -1.43. The van der Waals surface area contributed by atoms with Crippen molar-refractivity contribution in [2.45, 2.75) is 38.6 Å². The van der Waals surface area contributed by atoms with Gasteiger partial charge in [0.2, 0.25) is 5.91 Å². The van der Waals surface area contributed by atoms with Crippen LogP contribution in [0.4, 0.5) is 4.39 Å². The smallest absolute Gasteiger partial charge is 0.227 e. The van der Waals surface area contributed by atoms with Crippen LogP contribution in [0.15, 0.2) is 24.3 Å². The van der Waals surface area contributed by atoms with E-state index in [4.69, 9.17) is 0 Å². The summed E-state index contributed by atoms with van der Waals surface area (Å²) < 4.78 is 36.2. The molecule has 1 heterocycles. The lowest BCUT2D eigenvalue weighted by atomic mass is 10.1. The fourth-order valence-electron chi connectivity index (χ4n) is 2.74. The van der Waals surface area contributed by atoms with E-state index in [9.17, 15) is 17.6 Å². The highest BCUT2D eigenvalue weighted by Crippen LogP contribution is 2.19. The van der Waals surface area contributed by atoms with Gasteiger partial charge in [-0.2, -0.15) is 0 Å². The van der Waals surface area contributed by atoms with E-state index in [0.717, 1.165) is 18.4 Å². The van der Waals surface area contributed by atoms with Gasteiger partial charge in [0.05, 0.1) is 17.9 Å². The van der Waals surface area contributed by atoms with Crippen molar-refractivity contribution in [2.24, 2.45) is 0 Å². The number of carbonyl (C=O) groups excluding carboxylic acids is 1. The second-order valence-corrected chi connectivity index (χ2v) is 8.03. The van der Waals surface area contributed by atoms with Gasteiger partial charge in [-0.05, 0) is 30.5 Å². The molecule has 2 rings (SSSR count). The lowest BCUT2D eigenvalue weighted by Crippen LogP contribution is -2.42. The van der Waals surface area contributed by atoms with E-state index in [1.54, 1.807) is 17.0 Å². The Morgan fingerprint density at radius 3 is 2.55 bits per heavy atom. The lowest BCUT2D eigenvalue weighted by Gasteiger charge is -2.28. The van der Waals surface area contributed by atoms with Crippen molar-refractivity contribution in [2.75, 3.05) is 18.1 Å². The SMILES string of the molecule is CCCCN(C(=O)Cc1ccc(F)cc1)C1CCS(=O)(=O)C1. The number of amides is 1. The van der Waals surface area contributed by atoms with Gasteiger partial charge in [-0.15, -0.1) is 0 Å². The lowest BCUT2D eigenvalue weighted by molar-refractivity contribution is -0.132. The fraction of sp³-hybridized carbons (Fsp3) is 0.562. The summed E-state index contributed by atoms with van der Waals surface area (Å²) in [6, 6.07) is 5.63. The van der Waals surface area contributed by atoms with Crippen LogP contribution in [0.3, 0.4) is 0 Å². The summed E-state index contributed by atoms with van der Waals surface area (Å²) in [6.07, 6.45) is 2.49. The third-order valence-corrected chi connectivity index (χ3v) is 5.74. The average molecular weight is 327 g/mol. The number of unbranched alkanes of at least 4 members (excludes halogenated alkanes) is 1. The summed E-state index contributed by atoms with van der Waals surface area (Å²) >= 11 is 0. The average Bonchev–Trinajstić information content (AvgIpc) is 2.82. The minimum absolute atomic E-state index is 0.0614. The number of carbonyl (C=O) groups is 1. The molecule has 1 atom stereocenters. The van der Waals surface area contributed by atoms with Crippen LogP contribution in [0.25, 0.3) is 0 Å². The van der Waals surface area contributed by atoms with Gasteiger partial charge in [-0.1, -0.05) is 25.5 Å². The first-order valence-corrected chi connectivity index (χ1v) is 9.48. The Balaban J connectivity index is 2.07. The zero-order valence-corrected chi connectivity index (χ0v) is 13.6. The second kappa shape index (κ2) is 7.22. The van der Waals surface area contributed by atoms with Crippen LogP contribution in [-0.4, -0.2) is 43.3 Å². The molecule has 1 fully saturated rings. The molecule has 122 valence electrons. The summed E-state index contributed by atoms with van der Waals surface area (Å²) in [6.45, 7) is 2.62. The van der Waals surface area contributed by atoms with E-state index in [1.807, 2.05) is 6.92 Å². The van der Waals surface area contributed by atoms with E-state index < -0.39 is 9.84 Å². The second-order valence-electron chi connectivity index (χ2n) is 5.80. The van der Waals surface area contributed by atoms with E-state index in [1.165, 1.54) is 12.1 Å². The number of rotatable bonds is 6. The minimum Gasteiger partial charge on any atom is -0.338 e. The molecule has 1 aliphatic rings. The van der Waals surface area contributed by atoms with Crippen molar-refractivity contribution in [3.8, 4) is 0 Å². The molecular formula is C16H22FNO3S. The van der Waals surface area contributed by atoms with Crippen molar-refractivity contribution in [3.63, 3.8) is 0 Å². The summed E-state index contributed by atoms with van der Waals surface area (Å²) in [5, 5.41) is 0. The molecule has 0 radical (unpaired) electrons. The zero-order chi connectivity index (χ0) is 16.2. The van der Waals surface area contributed by atoms with Crippen molar-refractivity contribution in [1.82, 2.24) is 4.90 Å². The molecule has 0 aliphatic carbocycles. The van der Waals surface area contributed by atoms with Crippen LogP contribution in [0.1, 0.15) is 31.7 Å². The third kappa shape index (κ3) is 4.53. The maximum absolute atomic E-state index is 12.9. The number of benzene rings is 1. The molecule has 0 bridgehead atoms. The van der Waals surface area contributed by atoms with Gasteiger partial charge in [0.1, 0.15) is 5.82 Å². The molecule has 6 heteroatoms. The topological polar surface area (TPSA) is 54.5 Å². The molecule has 0 N–H and O–H groups in total. The summed E-state index contributed by atoms with van der Waals surface area (Å²) in [5.41, 5.74) is 0.744. The molecule has 1 aromatic carbocycles. The molecule has 4 nitrogen and oxygen atoms in total. The molecule has 1 saturated heterocycles. The van der Waals surface area contributed by atoms with Crippen molar-refractivity contribution in [3.05, 3.63) is 35.6 Å². The molecular weight excluding hydrogens is 305 g/mol. The van der Waals surface area contributed by atoms with Gasteiger partial charge in [-0.25, -0.2) is 12.8 Å². The zero-order valence-electron chi connectivity index (χ0n) is 12.8. The van der Waals surface area contributed by atoms with Gasteiger partial charge >= 0.3 is 0 Å². The van der Waals surface area contributed by atoms with Crippen LogP contribution < -0.4 is 0 Å². The quantitative estimate of drug-likeness (QED) is 0.805. The highest BCUT2D eigenvalue weighted by Gasteiger charge is 2.34. The van der Waals surface area contributed by atoms with Gasteiger partial charge in [-0.3, -0.25) is 4.79 Å². The van der Waals surface area contributed by atoms with Crippen molar-refractivity contribution < 1.29 is 17.6 Å². The Morgan fingerprint density at radius 2 is 2.00 bits per heavy atom. The molecule has 22 heavy (non-hydrogen) atoms.